The molecule has 1 aromatic heterocycles. The van der Waals surface area contributed by atoms with Crippen LogP contribution in [0.4, 0.5) is 5.69 Å². The van der Waals surface area contributed by atoms with E-state index >= 15 is 0 Å². The molecule has 3 aromatic rings. The summed E-state index contributed by atoms with van der Waals surface area (Å²) in [7, 11) is 1.53. The van der Waals surface area contributed by atoms with E-state index < -0.39 is 22.5 Å². The van der Waals surface area contributed by atoms with Gasteiger partial charge in [-0.25, -0.2) is 9.79 Å². The van der Waals surface area contributed by atoms with Crippen molar-refractivity contribution < 1.29 is 29.0 Å². The van der Waals surface area contributed by atoms with Crippen molar-refractivity contribution >= 4 is 29.1 Å². The van der Waals surface area contributed by atoms with Crippen LogP contribution in [-0.2, 0) is 9.53 Å². The number of hydrogen-bond donors (Lipinski definition) is 1. The second-order valence-electron chi connectivity index (χ2n) is 8.15. The van der Waals surface area contributed by atoms with E-state index in [1.165, 1.54) is 17.8 Å². The van der Waals surface area contributed by atoms with E-state index in [-0.39, 0.29) is 46.1 Å². The number of allylic oxidation sites excluding steroid dienone is 1. The van der Waals surface area contributed by atoms with Crippen LogP contribution in [0.15, 0.2) is 57.5 Å². The summed E-state index contributed by atoms with van der Waals surface area (Å²) in [5.74, 6) is -0.400. The molecule has 1 N–H and O–H groups in total. The molecule has 198 valence electrons. The van der Waals surface area contributed by atoms with Gasteiger partial charge in [-0.3, -0.25) is 19.5 Å². The lowest BCUT2D eigenvalue weighted by Crippen LogP contribution is -2.39. The molecule has 4 rings (SSSR count). The second kappa shape index (κ2) is 10.9. The molecule has 0 bridgehead atoms. The zero-order valence-electron chi connectivity index (χ0n) is 21.1. The number of phenols is 1. The number of nitrogens with zero attached hydrogens (tertiary/aromatic N) is 3. The summed E-state index contributed by atoms with van der Waals surface area (Å²) in [6, 6.07) is 8.39. The zero-order chi connectivity index (χ0) is 27.6. The minimum atomic E-state index is -0.837. The molecule has 11 nitrogen and oxygen atoms in total. The zero-order valence-corrected chi connectivity index (χ0v) is 21.9. The normalized spacial score (nSPS) is 15.1. The number of methoxy groups -OCH3 is 1. The number of aromatic hydroxyl groups is 1. The molecule has 2 aromatic carbocycles. The Labute approximate surface area is 220 Å². The predicted octanol–water partition coefficient (Wildman–Crippen LogP) is 2.82. The topological polar surface area (TPSA) is 142 Å². The van der Waals surface area contributed by atoms with Crippen molar-refractivity contribution in [2.24, 2.45) is 4.99 Å². The largest absolute Gasteiger partial charge is 0.504 e. The Morgan fingerprint density at radius 2 is 1.95 bits per heavy atom. The number of hydrogen-bond acceptors (Lipinski definition) is 10. The highest BCUT2D eigenvalue weighted by Crippen LogP contribution is 2.35. The molecule has 38 heavy (non-hydrogen) atoms. The molecule has 0 saturated heterocycles. The number of non-ortho nitro benzene ring substituents is 1. The van der Waals surface area contributed by atoms with Gasteiger partial charge in [0.25, 0.3) is 11.2 Å². The molecule has 0 amide bonds. The van der Waals surface area contributed by atoms with Gasteiger partial charge >= 0.3 is 5.97 Å². The Kier molecular flexibility index (Phi) is 7.62. The lowest BCUT2D eigenvalue weighted by Gasteiger charge is -2.24. The van der Waals surface area contributed by atoms with E-state index in [0.717, 1.165) is 23.5 Å². The number of fused-ring (bicyclic) bond motifs is 1. The van der Waals surface area contributed by atoms with Gasteiger partial charge in [-0.1, -0.05) is 23.5 Å². The van der Waals surface area contributed by atoms with E-state index in [1.54, 1.807) is 45.0 Å². The second-order valence-corrected chi connectivity index (χ2v) is 9.16. The molecule has 1 unspecified atom stereocenters. The third-order valence-corrected chi connectivity index (χ3v) is 6.82. The van der Waals surface area contributed by atoms with Gasteiger partial charge in [-0.05, 0) is 44.5 Å². The van der Waals surface area contributed by atoms with Crippen LogP contribution in [0, 0.1) is 10.1 Å². The van der Waals surface area contributed by atoms with Crippen LogP contribution in [0.2, 0.25) is 0 Å². The van der Waals surface area contributed by atoms with Gasteiger partial charge in [-0.15, -0.1) is 0 Å². The molecule has 12 heteroatoms. The molecule has 0 fully saturated rings. The fourth-order valence-corrected chi connectivity index (χ4v) is 5.17. The fraction of sp³-hybridized carbons (Fsp3) is 0.269. The van der Waals surface area contributed by atoms with Crippen molar-refractivity contribution in [1.29, 1.82) is 0 Å². The van der Waals surface area contributed by atoms with Crippen molar-refractivity contribution in [3.63, 3.8) is 0 Å². The summed E-state index contributed by atoms with van der Waals surface area (Å²) in [6.07, 6.45) is 1.35. The maximum absolute atomic E-state index is 13.7. The van der Waals surface area contributed by atoms with Gasteiger partial charge in [0.15, 0.2) is 16.3 Å². The molecule has 2 heterocycles. The van der Waals surface area contributed by atoms with Gasteiger partial charge in [0, 0.05) is 11.6 Å². The standard InChI is InChI=1S/C26H25N3O8S/c1-5-36-19-13-17(29(33)34)11-16(23(19)30)12-20-24(31)28-22(15-7-9-18(35-4)10-8-15)21(25(32)37-6-2)14(3)27-26(28)38-20/h7-13,22,30H,5-6H2,1-4H3. The monoisotopic (exact) mass is 539 g/mol. The number of esters is 1. The Morgan fingerprint density at radius 1 is 1.24 bits per heavy atom. The van der Waals surface area contributed by atoms with Crippen LogP contribution in [-0.4, -0.2) is 40.9 Å². The summed E-state index contributed by atoms with van der Waals surface area (Å²) in [6.45, 7) is 5.35. The van der Waals surface area contributed by atoms with Crippen LogP contribution >= 0.6 is 11.3 Å². The Balaban J connectivity index is 1.96. The van der Waals surface area contributed by atoms with E-state index in [4.69, 9.17) is 14.2 Å². The first-order chi connectivity index (χ1) is 18.2. The number of aromatic nitrogens is 1. The maximum Gasteiger partial charge on any atom is 0.338 e. The third kappa shape index (κ3) is 4.90. The minimum absolute atomic E-state index is 0.0373. The average molecular weight is 540 g/mol. The van der Waals surface area contributed by atoms with Gasteiger partial charge in [-0.2, -0.15) is 0 Å². The van der Waals surface area contributed by atoms with Crippen LogP contribution in [0.1, 0.15) is 37.9 Å². The Bertz CT molecular complexity index is 1620. The lowest BCUT2D eigenvalue weighted by atomic mass is 9.96. The highest BCUT2D eigenvalue weighted by atomic mass is 32.1. The lowest BCUT2D eigenvalue weighted by molar-refractivity contribution is -0.385. The number of rotatable bonds is 8. The summed E-state index contributed by atoms with van der Waals surface area (Å²) in [5, 5.41) is 22.1. The molecule has 1 aliphatic heterocycles. The minimum Gasteiger partial charge on any atom is -0.504 e. The predicted molar refractivity (Wildman–Crippen MR) is 139 cm³/mol. The van der Waals surface area contributed by atoms with Crippen LogP contribution in [0.3, 0.4) is 0 Å². The van der Waals surface area contributed by atoms with Crippen LogP contribution in [0.25, 0.3) is 6.08 Å². The molecule has 0 spiro atoms. The van der Waals surface area contributed by atoms with E-state index in [0.29, 0.717) is 21.8 Å². The number of nitro groups is 1. The van der Waals surface area contributed by atoms with Crippen molar-refractivity contribution in [3.8, 4) is 17.2 Å². The summed E-state index contributed by atoms with van der Waals surface area (Å²) >= 11 is 1.03. The molecule has 0 radical (unpaired) electrons. The number of benzene rings is 2. The van der Waals surface area contributed by atoms with Crippen molar-refractivity contribution in [3.05, 3.63) is 88.6 Å². The number of carbonyl (C=O) groups excluding carboxylic acids is 1. The van der Waals surface area contributed by atoms with E-state index in [9.17, 15) is 24.8 Å². The number of thiazole rings is 1. The van der Waals surface area contributed by atoms with Crippen LogP contribution < -0.4 is 24.4 Å². The van der Waals surface area contributed by atoms with E-state index in [1.807, 2.05) is 0 Å². The SMILES string of the molecule is CCOC(=O)C1=C(C)N=c2sc(=Cc3cc([N+](=O)[O-])cc(OCC)c3O)c(=O)n2C1c1ccc(OC)cc1. The smallest absolute Gasteiger partial charge is 0.338 e. The maximum atomic E-state index is 13.7. The van der Waals surface area contributed by atoms with Gasteiger partial charge in [0.05, 0.1) is 53.2 Å². The quantitative estimate of drug-likeness (QED) is 0.262. The fourth-order valence-electron chi connectivity index (χ4n) is 4.13. The summed E-state index contributed by atoms with van der Waals surface area (Å²) in [4.78, 5) is 42.4. The molecule has 1 aliphatic rings. The molecular formula is C26H25N3O8S. The number of carbonyl (C=O) groups is 1. The van der Waals surface area contributed by atoms with Gasteiger partial charge < -0.3 is 19.3 Å². The van der Waals surface area contributed by atoms with Crippen molar-refractivity contribution in [2.75, 3.05) is 20.3 Å². The summed E-state index contributed by atoms with van der Waals surface area (Å²) in [5.41, 5.74) is 0.485. The summed E-state index contributed by atoms with van der Waals surface area (Å²) < 4.78 is 17.4. The highest BCUT2D eigenvalue weighted by Gasteiger charge is 2.33. The molecule has 1 atom stereocenters. The average Bonchev–Trinajstić information content (AvgIpc) is 3.19. The van der Waals surface area contributed by atoms with Crippen molar-refractivity contribution in [2.45, 2.75) is 26.8 Å². The molecule has 0 saturated carbocycles. The van der Waals surface area contributed by atoms with Gasteiger partial charge in [0.2, 0.25) is 0 Å². The Hall–Kier alpha value is -4.45. The van der Waals surface area contributed by atoms with Crippen molar-refractivity contribution in [1.82, 2.24) is 4.57 Å². The third-order valence-electron chi connectivity index (χ3n) is 5.84. The first kappa shape index (κ1) is 26.6. The molecule has 0 aliphatic carbocycles. The highest BCUT2D eigenvalue weighted by molar-refractivity contribution is 7.07. The first-order valence-corrected chi connectivity index (χ1v) is 12.5. The molecular weight excluding hydrogens is 514 g/mol. The van der Waals surface area contributed by atoms with Crippen LogP contribution in [0.5, 0.6) is 17.2 Å². The number of ether oxygens (including phenoxy) is 3. The first-order valence-electron chi connectivity index (χ1n) is 11.7. The number of nitro benzene ring substituents is 1. The van der Waals surface area contributed by atoms with E-state index in [2.05, 4.69) is 4.99 Å². The van der Waals surface area contributed by atoms with Gasteiger partial charge in [0.1, 0.15) is 5.75 Å². The number of phenolic OH excluding ortho intramolecular Hbond substituents is 1. The Morgan fingerprint density at radius 3 is 2.55 bits per heavy atom.